The second-order valence-electron chi connectivity index (χ2n) is 15.9. The molecule has 0 saturated carbocycles. The van der Waals surface area contributed by atoms with Crippen LogP contribution in [0.3, 0.4) is 0 Å². The van der Waals surface area contributed by atoms with Gasteiger partial charge in [-0.1, -0.05) is 110 Å². The highest BCUT2D eigenvalue weighted by atomic mass is 32.1. The molecule has 4 aliphatic rings. The number of aromatic amines is 2. The van der Waals surface area contributed by atoms with Gasteiger partial charge in [-0.15, -0.1) is 0 Å². The minimum Gasteiger partial charge on any atom is -0.477 e. The van der Waals surface area contributed by atoms with Crippen molar-refractivity contribution >= 4 is 71.4 Å². The fraction of sp³-hybridized carbons (Fsp3) is 0.684. The number of hydrogen-bond donors (Lipinski definition) is 5. The number of ether oxygens (including phenoxy) is 4. The molecular formula is C38H60N6O7S2Si2. The maximum absolute atomic E-state index is 12.6. The lowest BCUT2D eigenvalue weighted by molar-refractivity contribution is 0.0691. The number of amides is 1. The number of rotatable bonds is 11. The standard InChI is InChI=1S/C19H29N3O3SSi.C10H21NSi.C9H10N2O4S/c1-24-7-8-25-19-22-17-16(26-19)13-15(21-17)18(23)20-14-5-11-27(12-6-14)9-3-2-4-10-27;11-10-4-8-12(9-5-10)6-2-1-3-7-12;1-14-2-3-15-9-11-7-6(16-9)4-5(10-7)8(12)13/h13-14,21H,2-12H2,1H3,(H,20,23);10H,1-9,11H2;4,10H,2-3H2,1H3,(H,12,13). The molecule has 17 heteroatoms. The summed E-state index contributed by atoms with van der Waals surface area (Å²) >= 11 is 2.75. The number of aromatic nitrogens is 4. The molecule has 0 unspecified atom stereocenters. The zero-order valence-electron chi connectivity index (χ0n) is 32.6. The van der Waals surface area contributed by atoms with E-state index in [9.17, 15) is 9.59 Å². The Kier molecular flexibility index (Phi) is 15.2. The highest BCUT2D eigenvalue weighted by Crippen LogP contribution is 2.42. The highest BCUT2D eigenvalue weighted by molar-refractivity contribution is 7.20. The van der Waals surface area contributed by atoms with Crippen LogP contribution in [0.5, 0.6) is 10.4 Å². The molecule has 2 spiro atoms. The zero-order valence-corrected chi connectivity index (χ0v) is 36.2. The third kappa shape index (κ3) is 11.6. The molecule has 8 heterocycles. The second-order valence-corrected chi connectivity index (χ2v) is 27.9. The van der Waals surface area contributed by atoms with Crippen molar-refractivity contribution in [2.45, 2.75) is 125 Å². The van der Waals surface area contributed by atoms with Crippen LogP contribution in [0.15, 0.2) is 12.1 Å². The van der Waals surface area contributed by atoms with Gasteiger partial charge in [-0.05, 0) is 37.8 Å². The Morgan fingerprint density at radius 2 is 1.18 bits per heavy atom. The van der Waals surface area contributed by atoms with Gasteiger partial charge in [0.2, 0.25) is 0 Å². The molecule has 8 rings (SSSR count). The number of fused-ring (bicyclic) bond motifs is 2. The molecular weight excluding hydrogens is 773 g/mol. The Hall–Kier alpha value is -2.81. The van der Waals surface area contributed by atoms with Crippen molar-refractivity contribution in [1.29, 1.82) is 0 Å². The lowest BCUT2D eigenvalue weighted by Crippen LogP contribution is -2.46. The van der Waals surface area contributed by atoms with Gasteiger partial charge in [0.25, 0.3) is 16.3 Å². The monoisotopic (exact) mass is 832 g/mol. The molecule has 0 aromatic carbocycles. The van der Waals surface area contributed by atoms with Gasteiger partial charge in [0, 0.05) is 26.3 Å². The van der Waals surface area contributed by atoms with E-state index in [0.29, 0.717) is 60.2 Å². The topological polar surface area (TPSA) is 187 Å². The first-order valence-corrected chi connectivity index (χ1v) is 27.5. The summed E-state index contributed by atoms with van der Waals surface area (Å²) in [4.78, 5) is 37.6. The van der Waals surface area contributed by atoms with Crippen molar-refractivity contribution in [3.8, 4) is 10.4 Å². The molecule has 0 aliphatic carbocycles. The largest absolute Gasteiger partial charge is 0.477 e. The van der Waals surface area contributed by atoms with Crippen molar-refractivity contribution < 1.29 is 33.6 Å². The number of aromatic carboxylic acids is 1. The first kappa shape index (κ1) is 41.8. The highest BCUT2D eigenvalue weighted by Gasteiger charge is 2.39. The number of methoxy groups -OCH3 is 2. The average Bonchev–Trinajstić information content (AvgIpc) is 3.96. The molecule has 4 aromatic rings. The predicted molar refractivity (Wildman–Crippen MR) is 225 cm³/mol. The van der Waals surface area contributed by atoms with E-state index in [1.165, 1.54) is 98.2 Å². The van der Waals surface area contributed by atoms with Crippen molar-refractivity contribution in [2.75, 3.05) is 40.6 Å². The van der Waals surface area contributed by atoms with Gasteiger partial charge < -0.3 is 45.1 Å². The Morgan fingerprint density at radius 3 is 1.64 bits per heavy atom. The number of nitrogens with one attached hydrogen (secondary N) is 3. The van der Waals surface area contributed by atoms with Crippen LogP contribution in [0.25, 0.3) is 20.7 Å². The third-order valence-corrected chi connectivity index (χ3v) is 25.0. The average molecular weight is 833 g/mol. The Bertz CT molecular complexity index is 1730. The van der Waals surface area contributed by atoms with Crippen LogP contribution >= 0.6 is 22.7 Å². The number of carbonyl (C=O) groups is 2. The van der Waals surface area contributed by atoms with E-state index in [-0.39, 0.29) is 11.6 Å². The minimum atomic E-state index is -0.993. The van der Waals surface area contributed by atoms with E-state index >= 15 is 0 Å². The number of nitrogens with zero attached hydrogens (tertiary/aromatic N) is 2. The summed E-state index contributed by atoms with van der Waals surface area (Å²) in [6.45, 7) is 1.94. The molecule has 0 atom stereocenters. The van der Waals surface area contributed by atoms with Crippen LogP contribution in [0, 0.1) is 0 Å². The zero-order chi connectivity index (χ0) is 38.7. The number of H-pyrrole nitrogens is 2. The third-order valence-electron chi connectivity index (χ3n) is 12.1. The maximum Gasteiger partial charge on any atom is 0.352 e. The van der Waals surface area contributed by atoms with Crippen molar-refractivity contribution in [3.05, 3.63) is 23.5 Å². The molecule has 1 amide bonds. The number of carbonyl (C=O) groups excluding carboxylic acids is 1. The Labute approximate surface area is 333 Å². The van der Waals surface area contributed by atoms with E-state index < -0.39 is 22.1 Å². The smallest absolute Gasteiger partial charge is 0.352 e. The van der Waals surface area contributed by atoms with Crippen LogP contribution in [0.4, 0.5) is 0 Å². The van der Waals surface area contributed by atoms with Crippen LogP contribution in [0.1, 0.15) is 85.2 Å². The summed E-state index contributed by atoms with van der Waals surface area (Å²) in [6.07, 6.45) is 14.0. The molecule has 0 radical (unpaired) electrons. The van der Waals surface area contributed by atoms with Gasteiger partial charge in [0.15, 0.2) is 11.3 Å². The van der Waals surface area contributed by atoms with Gasteiger partial charge in [-0.3, -0.25) is 4.79 Å². The molecule has 0 bridgehead atoms. The van der Waals surface area contributed by atoms with Crippen LogP contribution in [-0.4, -0.2) is 106 Å². The number of carboxylic acid groups (broad SMARTS) is 1. The van der Waals surface area contributed by atoms with Gasteiger partial charge in [-0.2, -0.15) is 9.97 Å². The van der Waals surface area contributed by atoms with Gasteiger partial charge in [0.1, 0.15) is 24.6 Å². The Balaban J connectivity index is 0.000000155. The van der Waals surface area contributed by atoms with E-state index in [2.05, 4.69) is 25.3 Å². The molecule has 55 heavy (non-hydrogen) atoms. The van der Waals surface area contributed by atoms with E-state index in [1.54, 1.807) is 57.3 Å². The molecule has 304 valence electrons. The Morgan fingerprint density at radius 1 is 0.727 bits per heavy atom. The summed E-state index contributed by atoms with van der Waals surface area (Å²) in [5, 5.41) is 13.1. The SMILES string of the molecule is COCCOc1nc2[nH]c(C(=O)NC3CC[Si]4(CCCCC4)CC3)cc2s1.COCCOc1nc2[nH]c(C(=O)O)cc2s1.NC1CC[Si]2(CCCCC2)CC1. The second kappa shape index (κ2) is 20.1. The van der Waals surface area contributed by atoms with Crippen LogP contribution < -0.4 is 20.5 Å². The molecule has 4 fully saturated rings. The van der Waals surface area contributed by atoms with Gasteiger partial charge in [0.05, 0.1) is 38.8 Å². The first-order chi connectivity index (χ1) is 26.7. The van der Waals surface area contributed by atoms with Crippen molar-refractivity contribution in [2.24, 2.45) is 5.73 Å². The fourth-order valence-electron chi connectivity index (χ4n) is 8.87. The summed E-state index contributed by atoms with van der Waals surface area (Å²) in [5.41, 5.74) is 7.94. The quantitative estimate of drug-likeness (QED) is 0.0728. The molecule has 4 aromatic heterocycles. The van der Waals surface area contributed by atoms with Crippen LogP contribution in [-0.2, 0) is 9.47 Å². The van der Waals surface area contributed by atoms with E-state index in [0.717, 1.165) is 15.0 Å². The molecule has 4 saturated heterocycles. The van der Waals surface area contributed by atoms with Crippen molar-refractivity contribution in [1.82, 2.24) is 25.3 Å². The summed E-state index contributed by atoms with van der Waals surface area (Å²) in [5.74, 6) is -1.000. The number of nitrogens with two attached hydrogens (primary N) is 1. The lowest BCUT2D eigenvalue weighted by atomic mass is 10.1. The van der Waals surface area contributed by atoms with E-state index in [4.69, 9.17) is 29.8 Å². The first-order valence-electron chi connectivity index (χ1n) is 20.2. The molecule has 6 N–H and O–H groups in total. The maximum atomic E-state index is 12.6. The minimum absolute atomic E-state index is 0.00619. The number of carboxylic acids is 1. The van der Waals surface area contributed by atoms with Gasteiger partial charge >= 0.3 is 5.97 Å². The van der Waals surface area contributed by atoms with Crippen molar-refractivity contribution in [3.63, 3.8) is 0 Å². The number of thiazole rings is 2. The predicted octanol–water partition coefficient (Wildman–Crippen LogP) is 8.26. The molecule has 13 nitrogen and oxygen atoms in total. The van der Waals surface area contributed by atoms with Gasteiger partial charge in [-0.25, -0.2) is 4.79 Å². The van der Waals surface area contributed by atoms with E-state index in [1.807, 2.05) is 6.07 Å². The summed E-state index contributed by atoms with van der Waals surface area (Å²) in [6, 6.07) is 16.6. The lowest BCUT2D eigenvalue weighted by Gasteiger charge is -2.41. The number of hydrogen-bond acceptors (Lipinski definition) is 11. The fourth-order valence-corrected chi connectivity index (χ4v) is 21.4. The molecule has 4 aliphatic heterocycles. The van der Waals surface area contributed by atoms with Crippen LogP contribution in [0.2, 0.25) is 48.4 Å². The summed E-state index contributed by atoms with van der Waals surface area (Å²) < 4.78 is 22.4. The normalized spacial score (nSPS) is 20.7. The summed E-state index contributed by atoms with van der Waals surface area (Å²) in [7, 11) is 1.57.